The van der Waals surface area contributed by atoms with E-state index in [0.717, 1.165) is 11.8 Å². The molecule has 1 spiro atoms. The molecule has 0 heterocycles. The van der Waals surface area contributed by atoms with Crippen LogP contribution in [0.2, 0.25) is 0 Å². The molecular formula is C61H65N. The number of rotatable bonds is 4. The van der Waals surface area contributed by atoms with Gasteiger partial charge in [-0.3, -0.25) is 0 Å². The monoisotopic (exact) mass is 812 g/mol. The summed E-state index contributed by atoms with van der Waals surface area (Å²) in [7, 11) is 0. The first kappa shape index (κ1) is 38.8. The largest absolute Gasteiger partial charge is 0.310 e. The van der Waals surface area contributed by atoms with Crippen molar-refractivity contribution in [1.29, 1.82) is 0 Å². The second-order valence-electron chi connectivity index (χ2n) is 23.7. The van der Waals surface area contributed by atoms with E-state index < -0.39 is 0 Å². The first-order valence-corrected chi connectivity index (χ1v) is 24.1. The molecule has 13 rings (SSSR count). The smallest absolute Gasteiger partial charge is 0.0543 e. The SMILES string of the molecule is CC(C)(C)c1ccc(-c2cc3c(cc2N(c2ccc4c(c2)C(C)(C)CCC4(C)C)c2ccc4c(c2)C(C)(C)c2ccccc2-4)C2(c4ccccc4-3)C3CC4CC(C3)CC2C4)cc1. The van der Waals surface area contributed by atoms with Gasteiger partial charge >= 0.3 is 0 Å². The zero-order valence-electron chi connectivity index (χ0n) is 38.8. The standard InChI is InChI=1S/C61H65N/c1-57(2,3)40-20-18-39(19-21-40)48-35-49-46-15-11-13-17-51(46)61(41-29-37-28-38(31-41)32-42(61)30-37)54(49)36-56(48)62(44-23-25-52-55(34-44)59(6,7)27-26-58(52,4)5)43-22-24-47-45-14-10-12-16-50(45)60(8,9)53(47)33-43/h10-25,33-38,41-42H,26-32H2,1-9H3. The van der Waals surface area contributed by atoms with Gasteiger partial charge in [0.1, 0.15) is 0 Å². The molecule has 62 heavy (non-hydrogen) atoms. The van der Waals surface area contributed by atoms with Crippen molar-refractivity contribution < 1.29 is 0 Å². The van der Waals surface area contributed by atoms with Crippen LogP contribution < -0.4 is 4.90 Å². The molecule has 7 aliphatic rings. The van der Waals surface area contributed by atoms with Crippen LogP contribution in [0.5, 0.6) is 0 Å². The van der Waals surface area contributed by atoms with Gasteiger partial charge in [-0.15, -0.1) is 0 Å². The van der Waals surface area contributed by atoms with Gasteiger partial charge in [0.25, 0.3) is 0 Å². The number of benzene rings is 6. The van der Waals surface area contributed by atoms with Gasteiger partial charge in [-0.2, -0.15) is 0 Å². The number of hydrogen-bond acceptors (Lipinski definition) is 1. The van der Waals surface area contributed by atoms with Gasteiger partial charge in [-0.1, -0.05) is 147 Å². The minimum absolute atomic E-state index is 0.0673. The highest BCUT2D eigenvalue weighted by Crippen LogP contribution is 2.70. The molecule has 0 aromatic heterocycles. The van der Waals surface area contributed by atoms with E-state index in [0.29, 0.717) is 11.8 Å². The van der Waals surface area contributed by atoms with Gasteiger partial charge in [0.05, 0.1) is 5.69 Å². The van der Waals surface area contributed by atoms with Crippen molar-refractivity contribution in [2.75, 3.05) is 4.90 Å². The third kappa shape index (κ3) is 5.33. The van der Waals surface area contributed by atoms with E-state index in [1.165, 1.54) is 123 Å². The molecule has 1 nitrogen and oxygen atoms in total. The number of nitrogens with zero attached hydrogens (tertiary/aromatic N) is 1. The molecule has 6 aromatic rings. The van der Waals surface area contributed by atoms with Crippen molar-refractivity contribution in [3.05, 3.63) is 160 Å². The Labute approximate surface area is 372 Å². The molecule has 0 N–H and O–H groups in total. The number of fused-ring (bicyclic) bond motifs is 7. The summed E-state index contributed by atoms with van der Waals surface area (Å²) in [5.41, 5.74) is 22.9. The fourth-order valence-corrected chi connectivity index (χ4v) is 14.7. The van der Waals surface area contributed by atoms with Crippen LogP contribution in [-0.2, 0) is 27.1 Å². The predicted molar refractivity (Wildman–Crippen MR) is 261 cm³/mol. The summed E-state index contributed by atoms with van der Waals surface area (Å²) in [5, 5.41) is 0. The van der Waals surface area contributed by atoms with Gasteiger partial charge in [0.15, 0.2) is 0 Å². The Hall–Kier alpha value is -4.88. The zero-order valence-corrected chi connectivity index (χ0v) is 38.8. The molecule has 0 unspecified atom stereocenters. The highest BCUT2D eigenvalue weighted by molar-refractivity contribution is 5.96. The molecule has 1 heteroatoms. The minimum Gasteiger partial charge on any atom is -0.310 e. The van der Waals surface area contributed by atoms with Crippen molar-refractivity contribution in [2.24, 2.45) is 23.7 Å². The molecule has 314 valence electrons. The topological polar surface area (TPSA) is 3.24 Å². The maximum absolute atomic E-state index is 2.76. The Morgan fingerprint density at radius 1 is 0.452 bits per heavy atom. The summed E-state index contributed by atoms with van der Waals surface area (Å²) in [5.74, 6) is 3.20. The highest BCUT2D eigenvalue weighted by atomic mass is 15.1. The minimum atomic E-state index is -0.106. The van der Waals surface area contributed by atoms with Gasteiger partial charge in [0, 0.05) is 27.8 Å². The van der Waals surface area contributed by atoms with Crippen LogP contribution >= 0.6 is 0 Å². The lowest BCUT2D eigenvalue weighted by atomic mass is 9.43. The molecule has 0 atom stereocenters. The van der Waals surface area contributed by atoms with Crippen LogP contribution in [-0.4, -0.2) is 0 Å². The second-order valence-corrected chi connectivity index (χ2v) is 23.7. The van der Waals surface area contributed by atoms with Crippen LogP contribution in [0.15, 0.2) is 121 Å². The van der Waals surface area contributed by atoms with Gasteiger partial charge < -0.3 is 4.90 Å². The second kappa shape index (κ2) is 12.9. The van der Waals surface area contributed by atoms with Gasteiger partial charge in [0.2, 0.25) is 0 Å². The molecule has 6 aromatic carbocycles. The molecule has 4 fully saturated rings. The van der Waals surface area contributed by atoms with Gasteiger partial charge in [-0.25, -0.2) is 0 Å². The van der Waals surface area contributed by atoms with E-state index in [1.54, 1.807) is 11.1 Å². The molecule has 7 aliphatic carbocycles. The van der Waals surface area contributed by atoms with Crippen molar-refractivity contribution >= 4 is 17.1 Å². The van der Waals surface area contributed by atoms with Crippen molar-refractivity contribution in [3.8, 4) is 33.4 Å². The molecule has 0 radical (unpaired) electrons. The van der Waals surface area contributed by atoms with E-state index in [4.69, 9.17) is 0 Å². The van der Waals surface area contributed by atoms with Gasteiger partial charge in [-0.05, 0) is 188 Å². The number of hydrogen-bond donors (Lipinski definition) is 0. The van der Waals surface area contributed by atoms with E-state index in [1.807, 2.05) is 0 Å². The highest BCUT2D eigenvalue weighted by Gasteiger charge is 2.61. The van der Waals surface area contributed by atoms with E-state index >= 15 is 0 Å². The van der Waals surface area contributed by atoms with E-state index in [9.17, 15) is 0 Å². The zero-order chi connectivity index (χ0) is 42.7. The molecule has 0 amide bonds. The third-order valence-electron chi connectivity index (χ3n) is 17.9. The van der Waals surface area contributed by atoms with E-state index in [2.05, 4.69) is 189 Å². The molecule has 4 saturated carbocycles. The normalized spacial score (nSPS) is 26.1. The van der Waals surface area contributed by atoms with Crippen LogP contribution in [0.25, 0.3) is 33.4 Å². The third-order valence-corrected chi connectivity index (χ3v) is 17.9. The summed E-state index contributed by atoms with van der Waals surface area (Å²) in [4.78, 5) is 2.71. The maximum Gasteiger partial charge on any atom is 0.0543 e. The predicted octanol–water partition coefficient (Wildman–Crippen LogP) is 16.5. The Kier molecular flexibility index (Phi) is 8.04. The first-order valence-electron chi connectivity index (χ1n) is 24.1. The maximum atomic E-state index is 2.76. The molecular weight excluding hydrogens is 747 g/mol. The van der Waals surface area contributed by atoms with Crippen LogP contribution in [0.3, 0.4) is 0 Å². The van der Waals surface area contributed by atoms with Crippen LogP contribution in [0, 0.1) is 23.7 Å². The summed E-state index contributed by atoms with van der Waals surface area (Å²) in [6, 6.07) is 48.8. The van der Waals surface area contributed by atoms with Crippen LogP contribution in [0.1, 0.15) is 146 Å². The lowest BCUT2D eigenvalue weighted by Gasteiger charge is -2.61. The summed E-state index contributed by atoms with van der Waals surface area (Å²) in [6.45, 7) is 21.7. The lowest BCUT2D eigenvalue weighted by molar-refractivity contribution is -0.0399. The summed E-state index contributed by atoms with van der Waals surface area (Å²) in [6.07, 6.45) is 9.39. The van der Waals surface area contributed by atoms with E-state index in [-0.39, 0.29) is 27.1 Å². The first-order chi connectivity index (χ1) is 29.6. The summed E-state index contributed by atoms with van der Waals surface area (Å²) < 4.78 is 0. The fourth-order valence-electron chi connectivity index (χ4n) is 14.7. The average molecular weight is 812 g/mol. The Morgan fingerprint density at radius 3 is 1.65 bits per heavy atom. The molecule has 4 bridgehead atoms. The Bertz CT molecular complexity index is 2790. The quantitative estimate of drug-likeness (QED) is 0.171. The average Bonchev–Trinajstić information content (AvgIpc) is 3.66. The fraction of sp³-hybridized carbons (Fsp3) is 0.410. The van der Waals surface area contributed by atoms with Crippen molar-refractivity contribution in [2.45, 2.75) is 134 Å². The van der Waals surface area contributed by atoms with Crippen molar-refractivity contribution in [3.63, 3.8) is 0 Å². The van der Waals surface area contributed by atoms with Crippen molar-refractivity contribution in [1.82, 2.24) is 0 Å². The lowest BCUT2D eigenvalue weighted by Crippen LogP contribution is -2.55. The van der Waals surface area contributed by atoms with Crippen LogP contribution in [0.4, 0.5) is 17.1 Å². The molecule has 0 saturated heterocycles. The molecule has 0 aliphatic heterocycles. The Morgan fingerprint density at radius 2 is 1.00 bits per heavy atom. The Balaban J connectivity index is 1.16. The summed E-state index contributed by atoms with van der Waals surface area (Å²) >= 11 is 0. The number of anilines is 3.